The Kier molecular flexibility index (Phi) is 6.87. The van der Waals surface area contributed by atoms with Gasteiger partial charge in [0.25, 0.3) is 5.91 Å². The molecule has 3 aromatic rings. The van der Waals surface area contributed by atoms with Gasteiger partial charge in [-0.2, -0.15) is 0 Å². The van der Waals surface area contributed by atoms with Gasteiger partial charge in [-0.15, -0.1) is 0 Å². The summed E-state index contributed by atoms with van der Waals surface area (Å²) >= 11 is 6.34. The summed E-state index contributed by atoms with van der Waals surface area (Å²) < 4.78 is 0. The number of nitrogens with one attached hydrogen (secondary N) is 2. The minimum absolute atomic E-state index is 0.0562. The number of hydrogen-bond donors (Lipinski definition) is 2. The second-order valence-corrected chi connectivity index (χ2v) is 7.02. The standard InChI is InChI=1S/C23H22ClN3O2/c1-27(23(29)18-10-6-3-7-11-18)16-22(28)26-19-12-13-21(20(24)14-19)25-15-17-8-4-2-5-9-17/h2-14,25H,15-16H2,1H3,(H,26,28). The summed E-state index contributed by atoms with van der Waals surface area (Å²) in [7, 11) is 1.60. The number of benzene rings is 3. The van der Waals surface area contributed by atoms with E-state index in [0.717, 1.165) is 11.3 Å². The van der Waals surface area contributed by atoms with Gasteiger partial charge in [0.2, 0.25) is 5.91 Å². The lowest BCUT2D eigenvalue weighted by atomic mass is 10.2. The van der Waals surface area contributed by atoms with Crippen molar-refractivity contribution in [1.29, 1.82) is 0 Å². The molecule has 0 saturated carbocycles. The van der Waals surface area contributed by atoms with E-state index in [-0.39, 0.29) is 18.4 Å². The van der Waals surface area contributed by atoms with Gasteiger partial charge in [0.15, 0.2) is 0 Å². The van der Waals surface area contributed by atoms with Crippen LogP contribution >= 0.6 is 11.6 Å². The quantitative estimate of drug-likeness (QED) is 0.598. The van der Waals surface area contributed by atoms with Crippen LogP contribution in [-0.4, -0.2) is 30.3 Å². The fraction of sp³-hybridized carbons (Fsp3) is 0.130. The third-order valence-corrected chi connectivity index (χ3v) is 4.64. The molecule has 148 valence electrons. The minimum Gasteiger partial charge on any atom is -0.380 e. The van der Waals surface area contributed by atoms with Crippen molar-refractivity contribution in [2.45, 2.75) is 6.54 Å². The Bertz CT molecular complexity index is 978. The molecular weight excluding hydrogens is 386 g/mol. The van der Waals surface area contributed by atoms with Crippen molar-refractivity contribution in [1.82, 2.24) is 4.90 Å². The molecule has 0 aromatic heterocycles. The van der Waals surface area contributed by atoms with Gasteiger partial charge >= 0.3 is 0 Å². The van der Waals surface area contributed by atoms with Crippen LogP contribution < -0.4 is 10.6 Å². The van der Waals surface area contributed by atoms with E-state index in [4.69, 9.17) is 11.6 Å². The largest absolute Gasteiger partial charge is 0.380 e. The first-order chi connectivity index (χ1) is 14.0. The molecule has 0 aliphatic rings. The van der Waals surface area contributed by atoms with Crippen LogP contribution in [0.25, 0.3) is 0 Å². The van der Waals surface area contributed by atoms with Gasteiger partial charge < -0.3 is 15.5 Å². The van der Waals surface area contributed by atoms with Gasteiger partial charge in [-0.05, 0) is 35.9 Å². The molecular formula is C23H22ClN3O2. The van der Waals surface area contributed by atoms with Crippen molar-refractivity contribution in [2.75, 3.05) is 24.2 Å². The second-order valence-electron chi connectivity index (χ2n) is 6.61. The Morgan fingerprint density at radius 1 is 0.931 bits per heavy atom. The number of halogens is 1. The molecule has 2 N–H and O–H groups in total. The van der Waals surface area contributed by atoms with Crippen molar-refractivity contribution in [2.24, 2.45) is 0 Å². The van der Waals surface area contributed by atoms with E-state index in [0.29, 0.717) is 22.8 Å². The molecule has 0 aliphatic heterocycles. The molecule has 0 spiro atoms. The van der Waals surface area contributed by atoms with Crippen LogP contribution in [0.2, 0.25) is 5.02 Å². The Labute approximate surface area is 175 Å². The van der Waals surface area contributed by atoms with Crippen molar-refractivity contribution in [3.05, 3.63) is 95.0 Å². The number of carbonyl (C=O) groups is 2. The van der Waals surface area contributed by atoms with Crippen molar-refractivity contribution in [3.63, 3.8) is 0 Å². The highest BCUT2D eigenvalue weighted by atomic mass is 35.5. The molecule has 0 aliphatic carbocycles. The Hall–Kier alpha value is -3.31. The summed E-state index contributed by atoms with van der Waals surface area (Å²) in [4.78, 5) is 26.0. The highest BCUT2D eigenvalue weighted by Crippen LogP contribution is 2.26. The molecule has 29 heavy (non-hydrogen) atoms. The maximum Gasteiger partial charge on any atom is 0.254 e. The predicted octanol–water partition coefficient (Wildman–Crippen LogP) is 4.66. The number of rotatable bonds is 7. The van der Waals surface area contributed by atoms with E-state index in [2.05, 4.69) is 10.6 Å². The van der Waals surface area contributed by atoms with Gasteiger partial charge in [0, 0.05) is 24.8 Å². The first-order valence-corrected chi connectivity index (χ1v) is 9.58. The van der Waals surface area contributed by atoms with Crippen molar-refractivity contribution < 1.29 is 9.59 Å². The van der Waals surface area contributed by atoms with Gasteiger partial charge in [0.05, 0.1) is 17.3 Å². The average molecular weight is 408 g/mol. The Balaban J connectivity index is 1.55. The predicted molar refractivity (Wildman–Crippen MR) is 117 cm³/mol. The first-order valence-electron chi connectivity index (χ1n) is 9.20. The molecule has 0 unspecified atom stereocenters. The van der Waals surface area contributed by atoms with E-state index in [1.807, 2.05) is 42.5 Å². The number of hydrogen-bond acceptors (Lipinski definition) is 3. The van der Waals surface area contributed by atoms with Crippen LogP contribution in [0.15, 0.2) is 78.9 Å². The summed E-state index contributed by atoms with van der Waals surface area (Å²) in [6.45, 7) is 0.595. The van der Waals surface area contributed by atoms with Gasteiger partial charge in [-0.1, -0.05) is 60.1 Å². The van der Waals surface area contributed by atoms with Gasteiger partial charge in [-0.3, -0.25) is 9.59 Å². The van der Waals surface area contributed by atoms with Crippen LogP contribution in [0, 0.1) is 0 Å². The van der Waals surface area contributed by atoms with Gasteiger partial charge in [-0.25, -0.2) is 0 Å². The normalized spacial score (nSPS) is 10.3. The van der Waals surface area contributed by atoms with Crippen molar-refractivity contribution in [3.8, 4) is 0 Å². The molecule has 2 amide bonds. The molecule has 0 radical (unpaired) electrons. The van der Waals surface area contributed by atoms with Gasteiger partial charge in [0.1, 0.15) is 0 Å². The zero-order valence-electron chi connectivity index (χ0n) is 16.1. The SMILES string of the molecule is CN(CC(=O)Nc1ccc(NCc2ccccc2)c(Cl)c1)C(=O)c1ccccc1. The lowest BCUT2D eigenvalue weighted by Gasteiger charge is -2.17. The lowest BCUT2D eigenvalue weighted by molar-refractivity contribution is -0.116. The summed E-state index contributed by atoms with van der Waals surface area (Å²) in [5.41, 5.74) is 3.04. The summed E-state index contributed by atoms with van der Waals surface area (Å²) in [5.74, 6) is -0.503. The molecule has 0 bridgehead atoms. The highest BCUT2D eigenvalue weighted by Gasteiger charge is 2.15. The summed E-state index contributed by atoms with van der Waals surface area (Å²) in [6.07, 6.45) is 0. The molecule has 0 saturated heterocycles. The maximum absolute atomic E-state index is 12.3. The zero-order chi connectivity index (χ0) is 20.6. The third-order valence-electron chi connectivity index (χ3n) is 4.33. The monoisotopic (exact) mass is 407 g/mol. The first kappa shape index (κ1) is 20.4. The lowest BCUT2D eigenvalue weighted by Crippen LogP contribution is -2.34. The van der Waals surface area contributed by atoms with Crippen LogP contribution in [0.4, 0.5) is 11.4 Å². The molecule has 5 nitrogen and oxygen atoms in total. The third kappa shape index (κ3) is 5.83. The van der Waals surface area contributed by atoms with E-state index < -0.39 is 0 Å². The highest BCUT2D eigenvalue weighted by molar-refractivity contribution is 6.33. The van der Waals surface area contributed by atoms with Crippen LogP contribution in [0.5, 0.6) is 0 Å². The Morgan fingerprint density at radius 3 is 2.24 bits per heavy atom. The summed E-state index contributed by atoms with van der Waals surface area (Å²) in [5, 5.41) is 6.56. The summed E-state index contributed by atoms with van der Waals surface area (Å²) in [6, 6.07) is 24.1. The number of likely N-dealkylation sites (N-methyl/N-ethyl adjacent to an activating group) is 1. The maximum atomic E-state index is 12.3. The smallest absolute Gasteiger partial charge is 0.254 e. The molecule has 0 fully saturated rings. The molecule has 0 atom stereocenters. The Morgan fingerprint density at radius 2 is 1.59 bits per heavy atom. The van der Waals surface area contributed by atoms with Crippen LogP contribution in [0.3, 0.4) is 0 Å². The minimum atomic E-state index is -0.294. The second kappa shape index (κ2) is 9.75. The molecule has 3 rings (SSSR count). The number of anilines is 2. The number of carbonyl (C=O) groups excluding carboxylic acids is 2. The fourth-order valence-corrected chi connectivity index (χ4v) is 3.07. The van der Waals surface area contributed by atoms with E-state index >= 15 is 0 Å². The van der Waals surface area contributed by atoms with Crippen molar-refractivity contribution >= 4 is 34.8 Å². The number of amides is 2. The van der Waals surface area contributed by atoms with Crippen LogP contribution in [0.1, 0.15) is 15.9 Å². The van der Waals surface area contributed by atoms with E-state index in [1.165, 1.54) is 4.90 Å². The van der Waals surface area contributed by atoms with E-state index in [9.17, 15) is 9.59 Å². The van der Waals surface area contributed by atoms with Crippen LogP contribution in [-0.2, 0) is 11.3 Å². The number of nitrogens with zero attached hydrogens (tertiary/aromatic N) is 1. The van der Waals surface area contributed by atoms with E-state index in [1.54, 1.807) is 43.4 Å². The fourth-order valence-electron chi connectivity index (χ4n) is 2.82. The average Bonchev–Trinajstić information content (AvgIpc) is 2.74. The topological polar surface area (TPSA) is 61.4 Å². The molecule has 6 heteroatoms. The zero-order valence-corrected chi connectivity index (χ0v) is 16.8. The molecule has 0 heterocycles. The molecule has 3 aromatic carbocycles.